The highest BCUT2D eigenvalue weighted by molar-refractivity contribution is 9.10. The van der Waals surface area contributed by atoms with Crippen LogP contribution in [-0.2, 0) is 4.74 Å². The molecule has 0 saturated carbocycles. The maximum atomic E-state index is 13.1. The van der Waals surface area contributed by atoms with Crippen LogP contribution >= 0.6 is 15.9 Å². The second kappa shape index (κ2) is 4.41. The molecule has 0 aliphatic heterocycles. The largest absolute Gasteiger partial charge is 0.453 e. The molecule has 3 nitrogen and oxygen atoms in total. The van der Waals surface area contributed by atoms with Gasteiger partial charge in [0.1, 0.15) is 5.82 Å². The second-order valence-corrected chi connectivity index (χ2v) is 3.55. The molecule has 1 rings (SSSR count). The van der Waals surface area contributed by atoms with Crippen molar-refractivity contribution >= 4 is 27.7 Å². The third-order valence-corrected chi connectivity index (χ3v) is 2.30. The van der Waals surface area contributed by atoms with Crippen LogP contribution in [-0.4, -0.2) is 13.2 Å². The summed E-state index contributed by atoms with van der Waals surface area (Å²) in [6.07, 6.45) is -0.616. The van der Waals surface area contributed by atoms with Gasteiger partial charge in [-0.05, 0) is 40.5 Å². The van der Waals surface area contributed by atoms with Crippen LogP contribution in [0.3, 0.4) is 0 Å². The van der Waals surface area contributed by atoms with Crippen LogP contribution in [0.5, 0.6) is 0 Å². The number of halogens is 2. The van der Waals surface area contributed by atoms with Crippen molar-refractivity contribution in [3.05, 3.63) is 28.0 Å². The Hall–Kier alpha value is -1.10. The molecule has 0 heterocycles. The van der Waals surface area contributed by atoms with Crippen molar-refractivity contribution in [3.8, 4) is 0 Å². The minimum atomic E-state index is -0.616. The van der Waals surface area contributed by atoms with E-state index in [1.54, 1.807) is 13.0 Å². The molecule has 1 aromatic rings. The molecule has 0 saturated heterocycles. The molecule has 1 aromatic carbocycles. The van der Waals surface area contributed by atoms with E-state index in [9.17, 15) is 9.18 Å². The summed E-state index contributed by atoms with van der Waals surface area (Å²) in [7, 11) is 1.25. The first-order valence-electron chi connectivity index (χ1n) is 3.85. The zero-order valence-corrected chi connectivity index (χ0v) is 9.31. The number of aryl methyl sites for hydroxylation is 1. The molecule has 0 radical (unpaired) electrons. The number of nitrogens with one attached hydrogen (secondary N) is 1. The summed E-state index contributed by atoms with van der Waals surface area (Å²) in [5.41, 5.74) is 1.15. The maximum Gasteiger partial charge on any atom is 0.411 e. The molecule has 0 aliphatic carbocycles. The van der Waals surface area contributed by atoms with Crippen molar-refractivity contribution in [3.63, 3.8) is 0 Å². The Morgan fingerprint density at radius 1 is 1.57 bits per heavy atom. The van der Waals surface area contributed by atoms with Crippen molar-refractivity contribution in [1.29, 1.82) is 0 Å². The van der Waals surface area contributed by atoms with Crippen LogP contribution in [0, 0.1) is 12.7 Å². The Morgan fingerprint density at radius 2 is 2.21 bits per heavy atom. The first-order chi connectivity index (χ1) is 6.54. The van der Waals surface area contributed by atoms with Crippen molar-refractivity contribution < 1.29 is 13.9 Å². The Labute approximate surface area is 89.4 Å². The Kier molecular flexibility index (Phi) is 3.46. The van der Waals surface area contributed by atoms with Crippen LogP contribution < -0.4 is 5.32 Å². The summed E-state index contributed by atoms with van der Waals surface area (Å²) < 4.78 is 17.8. The lowest BCUT2D eigenvalue weighted by Gasteiger charge is -2.07. The summed E-state index contributed by atoms with van der Waals surface area (Å²) in [6, 6.07) is 2.82. The molecule has 1 amide bonds. The molecular formula is C9H9BrFNO2. The summed E-state index contributed by atoms with van der Waals surface area (Å²) >= 11 is 3.04. The number of rotatable bonds is 1. The van der Waals surface area contributed by atoms with Gasteiger partial charge in [0.05, 0.1) is 11.6 Å². The van der Waals surface area contributed by atoms with Crippen LogP contribution in [0.2, 0.25) is 0 Å². The van der Waals surface area contributed by atoms with Crippen molar-refractivity contribution in [2.45, 2.75) is 6.92 Å². The number of amides is 1. The summed E-state index contributed by atoms with van der Waals surface area (Å²) in [6.45, 7) is 1.76. The molecule has 0 atom stereocenters. The van der Waals surface area contributed by atoms with E-state index in [1.807, 2.05) is 0 Å². The number of benzene rings is 1. The van der Waals surface area contributed by atoms with Crippen LogP contribution in [0.15, 0.2) is 16.6 Å². The van der Waals surface area contributed by atoms with E-state index in [0.29, 0.717) is 10.2 Å². The summed E-state index contributed by atoms with van der Waals surface area (Å²) in [4.78, 5) is 10.9. The average molecular weight is 262 g/mol. The summed E-state index contributed by atoms with van der Waals surface area (Å²) in [5.74, 6) is -0.429. The molecule has 1 N–H and O–H groups in total. The highest BCUT2D eigenvalue weighted by Gasteiger charge is 2.07. The van der Waals surface area contributed by atoms with Gasteiger partial charge >= 0.3 is 6.09 Å². The van der Waals surface area contributed by atoms with E-state index in [1.165, 1.54) is 13.2 Å². The molecular weight excluding hydrogens is 253 g/mol. The van der Waals surface area contributed by atoms with Gasteiger partial charge in [-0.1, -0.05) is 0 Å². The fourth-order valence-electron chi connectivity index (χ4n) is 0.942. The number of hydrogen-bond acceptors (Lipinski definition) is 2. The Bertz CT molecular complexity index is 368. The molecule has 0 unspecified atom stereocenters. The summed E-state index contributed by atoms with van der Waals surface area (Å²) in [5, 5.41) is 2.41. The van der Waals surface area contributed by atoms with Crippen LogP contribution in [0.1, 0.15) is 5.56 Å². The first kappa shape index (κ1) is 11.0. The third-order valence-electron chi connectivity index (χ3n) is 1.69. The lowest BCUT2D eigenvalue weighted by atomic mass is 10.2. The molecule has 76 valence electrons. The zero-order chi connectivity index (χ0) is 10.7. The van der Waals surface area contributed by atoms with Crippen LogP contribution in [0.25, 0.3) is 0 Å². The van der Waals surface area contributed by atoms with Gasteiger partial charge in [-0.25, -0.2) is 9.18 Å². The fraction of sp³-hybridized carbons (Fsp3) is 0.222. The standard InChI is InChI=1S/C9H9BrFNO2/c1-5-3-6(10)7(11)4-8(5)12-9(13)14-2/h3-4H,1-2H3,(H,12,13). The molecule has 0 aliphatic rings. The number of methoxy groups -OCH3 is 1. The minimum absolute atomic E-state index is 0.366. The molecule has 0 bridgehead atoms. The van der Waals surface area contributed by atoms with Crippen molar-refractivity contribution in [1.82, 2.24) is 0 Å². The Balaban J connectivity index is 2.98. The number of carbonyl (C=O) groups excluding carboxylic acids is 1. The van der Waals surface area contributed by atoms with E-state index in [-0.39, 0.29) is 0 Å². The number of ether oxygens (including phenoxy) is 1. The van der Waals surface area contributed by atoms with Gasteiger partial charge < -0.3 is 4.74 Å². The van der Waals surface area contributed by atoms with E-state index in [2.05, 4.69) is 26.0 Å². The van der Waals surface area contributed by atoms with Gasteiger partial charge in [0.15, 0.2) is 0 Å². The molecule has 0 aromatic heterocycles. The van der Waals surface area contributed by atoms with Gasteiger partial charge in [0, 0.05) is 5.69 Å². The predicted octanol–water partition coefficient (Wildman–Crippen LogP) is 3.07. The predicted molar refractivity (Wildman–Crippen MR) is 54.9 cm³/mol. The highest BCUT2D eigenvalue weighted by Crippen LogP contribution is 2.23. The quantitative estimate of drug-likeness (QED) is 0.844. The van der Waals surface area contributed by atoms with Crippen molar-refractivity contribution in [2.75, 3.05) is 12.4 Å². The smallest absolute Gasteiger partial charge is 0.411 e. The van der Waals surface area contributed by atoms with E-state index in [0.717, 1.165) is 5.56 Å². The SMILES string of the molecule is COC(=O)Nc1cc(F)c(Br)cc1C. The maximum absolute atomic E-state index is 13.1. The third kappa shape index (κ3) is 2.45. The molecule has 0 spiro atoms. The topological polar surface area (TPSA) is 38.3 Å². The lowest BCUT2D eigenvalue weighted by Crippen LogP contribution is -2.12. The molecule has 0 fully saturated rings. The fourth-order valence-corrected chi connectivity index (χ4v) is 1.40. The van der Waals surface area contributed by atoms with Gasteiger partial charge in [-0.3, -0.25) is 5.32 Å². The van der Waals surface area contributed by atoms with E-state index >= 15 is 0 Å². The van der Waals surface area contributed by atoms with Gasteiger partial charge in [-0.15, -0.1) is 0 Å². The number of carbonyl (C=O) groups is 1. The number of hydrogen-bond donors (Lipinski definition) is 1. The number of anilines is 1. The van der Waals surface area contributed by atoms with Gasteiger partial charge in [0.2, 0.25) is 0 Å². The molecule has 14 heavy (non-hydrogen) atoms. The first-order valence-corrected chi connectivity index (χ1v) is 4.64. The highest BCUT2D eigenvalue weighted by atomic mass is 79.9. The lowest BCUT2D eigenvalue weighted by molar-refractivity contribution is 0.187. The monoisotopic (exact) mass is 261 g/mol. The van der Waals surface area contributed by atoms with Crippen molar-refractivity contribution in [2.24, 2.45) is 0 Å². The van der Waals surface area contributed by atoms with Gasteiger partial charge in [-0.2, -0.15) is 0 Å². The second-order valence-electron chi connectivity index (χ2n) is 2.70. The van der Waals surface area contributed by atoms with Gasteiger partial charge in [0.25, 0.3) is 0 Å². The molecule has 5 heteroatoms. The van der Waals surface area contributed by atoms with Crippen LogP contribution in [0.4, 0.5) is 14.9 Å². The zero-order valence-electron chi connectivity index (χ0n) is 7.73. The normalized spacial score (nSPS) is 9.71. The van der Waals surface area contributed by atoms with E-state index < -0.39 is 11.9 Å². The average Bonchev–Trinajstić information content (AvgIpc) is 2.14. The van der Waals surface area contributed by atoms with E-state index in [4.69, 9.17) is 0 Å². The minimum Gasteiger partial charge on any atom is -0.453 e. The Morgan fingerprint density at radius 3 is 2.79 bits per heavy atom.